The Hall–Kier alpha value is -4.47. The van der Waals surface area contributed by atoms with Gasteiger partial charge >= 0.3 is 5.97 Å². The van der Waals surface area contributed by atoms with Crippen molar-refractivity contribution in [2.75, 3.05) is 18.5 Å². The van der Waals surface area contributed by atoms with Crippen molar-refractivity contribution in [2.24, 2.45) is 0 Å². The lowest BCUT2D eigenvalue weighted by Gasteiger charge is -2.24. The van der Waals surface area contributed by atoms with Gasteiger partial charge in [0.05, 0.1) is 46.7 Å². The highest BCUT2D eigenvalue weighted by Gasteiger charge is 2.42. The molecule has 0 spiro atoms. The van der Waals surface area contributed by atoms with Gasteiger partial charge in [0.15, 0.2) is 17.4 Å². The van der Waals surface area contributed by atoms with Crippen molar-refractivity contribution in [3.05, 3.63) is 75.8 Å². The van der Waals surface area contributed by atoms with E-state index >= 15 is 8.78 Å². The van der Waals surface area contributed by atoms with Crippen LogP contribution in [0.5, 0.6) is 17.2 Å². The molecule has 0 radical (unpaired) electrons. The number of ketones is 2. The minimum absolute atomic E-state index is 0.0125. The van der Waals surface area contributed by atoms with E-state index in [4.69, 9.17) is 9.47 Å². The molecule has 0 amide bonds. The molecule has 3 aromatic rings. The van der Waals surface area contributed by atoms with E-state index in [1.807, 2.05) is 6.92 Å². The summed E-state index contributed by atoms with van der Waals surface area (Å²) >= 11 is 0. The zero-order chi connectivity index (χ0) is 31.1. The van der Waals surface area contributed by atoms with Crippen molar-refractivity contribution < 1.29 is 42.9 Å². The number of nitrogens with one attached hydrogen (secondary N) is 1. The number of aromatic hydroxyl groups is 2. The van der Waals surface area contributed by atoms with Crippen LogP contribution >= 0.6 is 0 Å². The van der Waals surface area contributed by atoms with E-state index in [2.05, 4.69) is 12.2 Å². The number of phenolic OH excluding ortho intramolecular Hbond substituents is 2. The van der Waals surface area contributed by atoms with Crippen molar-refractivity contribution in [2.45, 2.75) is 65.2 Å². The molecule has 0 saturated heterocycles. The summed E-state index contributed by atoms with van der Waals surface area (Å²) in [5.74, 6) is -7.65. The molecule has 3 N–H and O–H groups in total. The summed E-state index contributed by atoms with van der Waals surface area (Å²) in [6.45, 7) is 4.19. The fraction of sp³-hybridized carbons (Fsp3) is 0.364. The van der Waals surface area contributed by atoms with Crippen molar-refractivity contribution in [3.63, 3.8) is 0 Å². The molecular formula is C33H35F2NO7. The second-order valence-electron chi connectivity index (χ2n) is 10.4. The molecule has 0 atom stereocenters. The molecule has 43 heavy (non-hydrogen) atoms. The van der Waals surface area contributed by atoms with Gasteiger partial charge in [0.2, 0.25) is 11.6 Å². The molecule has 228 valence electrons. The number of benzene rings is 3. The summed E-state index contributed by atoms with van der Waals surface area (Å²) in [7, 11) is 0. The van der Waals surface area contributed by atoms with E-state index < -0.39 is 74.4 Å². The van der Waals surface area contributed by atoms with Gasteiger partial charge in [0, 0.05) is 0 Å². The highest BCUT2D eigenvalue weighted by molar-refractivity contribution is 6.31. The number of halogens is 2. The number of carbonyl (C=O) groups excluding carboxylic acids is 3. The second kappa shape index (κ2) is 14.1. The predicted molar refractivity (Wildman–Crippen MR) is 157 cm³/mol. The Morgan fingerprint density at radius 3 is 1.98 bits per heavy atom. The highest BCUT2D eigenvalue weighted by atomic mass is 19.1. The SMILES string of the molecule is CCCCCCCCOc1c(F)c2c(c(F)c1Nc1ccccc1C(=O)OCCCC)C(=O)c1c(O)ccc(O)c1C2=O. The van der Waals surface area contributed by atoms with Crippen molar-refractivity contribution >= 4 is 28.9 Å². The second-order valence-corrected chi connectivity index (χ2v) is 10.4. The van der Waals surface area contributed by atoms with Crippen LogP contribution in [0.3, 0.4) is 0 Å². The standard InChI is InChI=1S/C33H35F2NO7/c1-3-5-7-8-9-12-18-42-32-28(35)26-25(30(39)23-21(37)15-16-22(38)24(23)31(26)40)27(34)29(32)36-20-14-11-10-13-19(20)33(41)43-17-6-4-2/h10-11,13-16,36-38H,3-9,12,17-18H2,1-2H3. The number of hydrogen-bond donors (Lipinski definition) is 3. The lowest BCUT2D eigenvalue weighted by Crippen LogP contribution is -2.26. The van der Waals surface area contributed by atoms with Gasteiger partial charge in [-0.05, 0) is 37.1 Å². The molecule has 0 unspecified atom stereocenters. The lowest BCUT2D eigenvalue weighted by atomic mass is 9.82. The Morgan fingerprint density at radius 1 is 0.744 bits per heavy atom. The molecule has 0 saturated carbocycles. The summed E-state index contributed by atoms with van der Waals surface area (Å²) in [6.07, 6.45) is 6.86. The van der Waals surface area contributed by atoms with Gasteiger partial charge in [-0.1, -0.05) is 64.5 Å². The van der Waals surface area contributed by atoms with Crippen molar-refractivity contribution in [1.29, 1.82) is 0 Å². The molecule has 0 bridgehead atoms. The van der Waals surface area contributed by atoms with Crippen LogP contribution in [0.25, 0.3) is 0 Å². The number of esters is 1. The number of unbranched alkanes of at least 4 members (excludes halogenated alkanes) is 6. The first-order chi connectivity index (χ1) is 20.7. The maximum absolute atomic E-state index is 16.4. The van der Waals surface area contributed by atoms with E-state index in [0.29, 0.717) is 12.8 Å². The van der Waals surface area contributed by atoms with Gasteiger partial charge in [-0.15, -0.1) is 0 Å². The van der Waals surface area contributed by atoms with Gasteiger partial charge in [-0.2, -0.15) is 0 Å². The average Bonchev–Trinajstić information content (AvgIpc) is 2.99. The number of phenols is 2. The third-order valence-corrected chi connectivity index (χ3v) is 7.29. The van der Waals surface area contributed by atoms with E-state index in [1.165, 1.54) is 12.1 Å². The largest absolute Gasteiger partial charge is 0.507 e. The normalized spacial score (nSPS) is 12.1. The quantitative estimate of drug-likeness (QED) is 0.0774. The maximum atomic E-state index is 16.4. The number of hydrogen-bond acceptors (Lipinski definition) is 8. The lowest BCUT2D eigenvalue weighted by molar-refractivity contribution is 0.0500. The smallest absolute Gasteiger partial charge is 0.340 e. The molecule has 1 aliphatic rings. The van der Waals surface area contributed by atoms with Gasteiger partial charge < -0.3 is 25.0 Å². The monoisotopic (exact) mass is 595 g/mol. The first-order valence-corrected chi connectivity index (χ1v) is 14.6. The van der Waals surface area contributed by atoms with Crippen LogP contribution in [0.2, 0.25) is 0 Å². The summed E-state index contributed by atoms with van der Waals surface area (Å²) in [5.41, 5.74) is -3.60. The third kappa shape index (κ3) is 6.48. The molecule has 0 aromatic heterocycles. The van der Waals surface area contributed by atoms with Crippen molar-refractivity contribution in [3.8, 4) is 17.2 Å². The molecule has 3 aromatic carbocycles. The average molecular weight is 596 g/mol. The van der Waals surface area contributed by atoms with E-state index in [0.717, 1.165) is 50.7 Å². The fourth-order valence-corrected chi connectivity index (χ4v) is 4.98. The highest BCUT2D eigenvalue weighted by Crippen LogP contribution is 2.45. The number of anilines is 2. The first kappa shape index (κ1) is 31.5. The zero-order valence-electron chi connectivity index (χ0n) is 24.2. The molecule has 1 aliphatic carbocycles. The molecule has 10 heteroatoms. The molecule has 8 nitrogen and oxygen atoms in total. The number of para-hydroxylation sites is 1. The third-order valence-electron chi connectivity index (χ3n) is 7.29. The molecule has 0 fully saturated rings. The Balaban J connectivity index is 1.79. The summed E-state index contributed by atoms with van der Waals surface area (Å²) in [6, 6.07) is 8.02. The van der Waals surface area contributed by atoms with Crippen LogP contribution in [-0.4, -0.2) is 41.0 Å². The maximum Gasteiger partial charge on any atom is 0.340 e. The number of ether oxygens (including phenoxy) is 2. The van der Waals surface area contributed by atoms with Crippen LogP contribution in [0.1, 0.15) is 107 Å². The first-order valence-electron chi connectivity index (χ1n) is 14.6. The Labute approximate surface area is 248 Å². The Bertz CT molecular complexity index is 1540. The van der Waals surface area contributed by atoms with Gasteiger partial charge in [-0.25, -0.2) is 13.6 Å². The topological polar surface area (TPSA) is 122 Å². The van der Waals surface area contributed by atoms with Crippen LogP contribution in [0.4, 0.5) is 20.2 Å². The van der Waals surface area contributed by atoms with Crippen LogP contribution < -0.4 is 10.1 Å². The zero-order valence-corrected chi connectivity index (χ0v) is 24.2. The van der Waals surface area contributed by atoms with E-state index in [-0.39, 0.29) is 24.5 Å². The minimum atomic E-state index is -1.31. The number of fused-ring (bicyclic) bond motifs is 2. The molecular weight excluding hydrogens is 560 g/mol. The minimum Gasteiger partial charge on any atom is -0.507 e. The Morgan fingerprint density at radius 2 is 1.33 bits per heavy atom. The fourth-order valence-electron chi connectivity index (χ4n) is 4.98. The van der Waals surface area contributed by atoms with Gasteiger partial charge in [0.25, 0.3) is 0 Å². The predicted octanol–water partition coefficient (Wildman–Crippen LogP) is 7.59. The summed E-state index contributed by atoms with van der Waals surface area (Å²) in [4.78, 5) is 39.7. The summed E-state index contributed by atoms with van der Waals surface area (Å²) < 4.78 is 43.7. The molecule has 4 rings (SSSR count). The molecule has 0 heterocycles. The van der Waals surface area contributed by atoms with E-state index in [1.54, 1.807) is 12.1 Å². The molecule has 0 aliphatic heterocycles. The summed E-state index contributed by atoms with van der Waals surface area (Å²) in [5, 5.41) is 23.3. The van der Waals surface area contributed by atoms with Crippen LogP contribution in [0.15, 0.2) is 36.4 Å². The number of rotatable bonds is 14. The van der Waals surface area contributed by atoms with Crippen LogP contribution in [-0.2, 0) is 4.74 Å². The number of carbonyl (C=O) groups is 3. The van der Waals surface area contributed by atoms with E-state index in [9.17, 15) is 24.6 Å². The van der Waals surface area contributed by atoms with Crippen molar-refractivity contribution in [1.82, 2.24) is 0 Å². The Kier molecular flexibility index (Phi) is 10.3. The van der Waals surface area contributed by atoms with Gasteiger partial charge in [0.1, 0.15) is 17.2 Å². The van der Waals surface area contributed by atoms with Crippen LogP contribution in [0, 0.1) is 11.6 Å². The van der Waals surface area contributed by atoms with Gasteiger partial charge in [-0.3, -0.25) is 9.59 Å².